The number of aromatic hydroxyl groups is 1. The molecule has 0 saturated carbocycles. The molecule has 0 aliphatic heterocycles. The fourth-order valence-corrected chi connectivity index (χ4v) is 1.39. The highest BCUT2D eigenvalue weighted by atomic mass is 16.3. The summed E-state index contributed by atoms with van der Waals surface area (Å²) < 4.78 is 0. The summed E-state index contributed by atoms with van der Waals surface area (Å²) in [4.78, 5) is 23.0. The van der Waals surface area contributed by atoms with E-state index in [1.54, 1.807) is 19.1 Å². The van der Waals surface area contributed by atoms with Gasteiger partial charge in [0.2, 0.25) is 5.91 Å². The van der Waals surface area contributed by atoms with E-state index < -0.39 is 0 Å². The maximum atomic E-state index is 11.7. The molecule has 0 bridgehead atoms. The van der Waals surface area contributed by atoms with Crippen molar-refractivity contribution in [2.45, 2.75) is 26.8 Å². The number of hydrogen-bond donors (Lipinski definition) is 3. The van der Waals surface area contributed by atoms with Crippen LogP contribution in [0.5, 0.6) is 5.75 Å². The predicted octanol–water partition coefficient (Wildman–Crippen LogP) is 0.955. The fraction of sp³-hybridized carbons (Fsp3) is 0.385. The largest absolute Gasteiger partial charge is 0.508 e. The molecule has 1 aromatic rings. The minimum absolute atomic E-state index is 0.0396. The first-order chi connectivity index (χ1) is 8.40. The van der Waals surface area contributed by atoms with Gasteiger partial charge in [0.05, 0.1) is 6.54 Å². The van der Waals surface area contributed by atoms with Gasteiger partial charge in [-0.05, 0) is 38.5 Å². The Kier molecular flexibility index (Phi) is 4.71. The second kappa shape index (κ2) is 6.05. The molecule has 0 spiro atoms. The molecule has 0 aromatic heterocycles. The molecule has 0 saturated heterocycles. The van der Waals surface area contributed by atoms with Gasteiger partial charge in [-0.15, -0.1) is 0 Å². The lowest BCUT2D eigenvalue weighted by Gasteiger charge is -2.09. The van der Waals surface area contributed by atoms with Crippen molar-refractivity contribution in [2.75, 3.05) is 6.54 Å². The van der Waals surface area contributed by atoms with E-state index in [2.05, 4.69) is 10.6 Å². The van der Waals surface area contributed by atoms with Crippen LogP contribution in [0.15, 0.2) is 18.2 Å². The quantitative estimate of drug-likeness (QED) is 0.744. The van der Waals surface area contributed by atoms with Crippen LogP contribution in [0.25, 0.3) is 0 Å². The summed E-state index contributed by atoms with van der Waals surface area (Å²) >= 11 is 0. The summed E-state index contributed by atoms with van der Waals surface area (Å²) in [5, 5.41) is 14.6. The Balaban J connectivity index is 2.55. The van der Waals surface area contributed by atoms with Crippen LogP contribution < -0.4 is 10.6 Å². The van der Waals surface area contributed by atoms with Gasteiger partial charge in [0, 0.05) is 11.6 Å². The van der Waals surface area contributed by atoms with Crippen LogP contribution >= 0.6 is 0 Å². The number of benzene rings is 1. The van der Waals surface area contributed by atoms with Crippen LogP contribution in [0.3, 0.4) is 0 Å². The molecule has 1 rings (SSSR count). The van der Waals surface area contributed by atoms with Crippen molar-refractivity contribution >= 4 is 11.8 Å². The van der Waals surface area contributed by atoms with Crippen LogP contribution in [-0.4, -0.2) is 29.5 Å². The van der Waals surface area contributed by atoms with Gasteiger partial charge in [0.25, 0.3) is 5.91 Å². The molecule has 1 aromatic carbocycles. The van der Waals surface area contributed by atoms with E-state index >= 15 is 0 Å². The molecular weight excluding hydrogens is 232 g/mol. The van der Waals surface area contributed by atoms with Crippen molar-refractivity contribution in [3.63, 3.8) is 0 Å². The molecular formula is C13H18N2O3. The zero-order chi connectivity index (χ0) is 13.7. The summed E-state index contributed by atoms with van der Waals surface area (Å²) in [7, 11) is 0. The smallest absolute Gasteiger partial charge is 0.251 e. The first-order valence-corrected chi connectivity index (χ1v) is 5.77. The van der Waals surface area contributed by atoms with E-state index in [9.17, 15) is 14.7 Å². The normalized spacial score (nSPS) is 10.2. The minimum atomic E-state index is -0.385. The monoisotopic (exact) mass is 250 g/mol. The Morgan fingerprint density at radius 1 is 1.33 bits per heavy atom. The number of rotatable bonds is 4. The van der Waals surface area contributed by atoms with E-state index in [0.717, 1.165) is 0 Å². The summed E-state index contributed by atoms with van der Waals surface area (Å²) in [6.07, 6.45) is 0. The van der Waals surface area contributed by atoms with Gasteiger partial charge < -0.3 is 15.7 Å². The van der Waals surface area contributed by atoms with E-state index in [1.807, 2.05) is 13.8 Å². The van der Waals surface area contributed by atoms with Gasteiger partial charge >= 0.3 is 0 Å². The zero-order valence-corrected chi connectivity index (χ0v) is 10.8. The Hall–Kier alpha value is -2.04. The van der Waals surface area contributed by atoms with Gasteiger partial charge in [-0.25, -0.2) is 0 Å². The molecule has 2 amide bonds. The molecule has 0 aliphatic carbocycles. The Bertz CT molecular complexity index is 456. The van der Waals surface area contributed by atoms with Crippen LogP contribution in [-0.2, 0) is 4.79 Å². The molecule has 98 valence electrons. The molecule has 5 nitrogen and oxygen atoms in total. The lowest BCUT2D eigenvalue weighted by Crippen LogP contribution is -2.39. The number of nitrogens with one attached hydrogen (secondary N) is 2. The maximum absolute atomic E-state index is 11.7. The van der Waals surface area contributed by atoms with Gasteiger partial charge in [0.1, 0.15) is 5.75 Å². The van der Waals surface area contributed by atoms with E-state index in [0.29, 0.717) is 11.1 Å². The number of amides is 2. The third kappa shape index (κ3) is 4.08. The van der Waals surface area contributed by atoms with Crippen LogP contribution in [0, 0.1) is 6.92 Å². The fourth-order valence-electron chi connectivity index (χ4n) is 1.39. The average molecular weight is 250 g/mol. The summed E-state index contributed by atoms with van der Waals surface area (Å²) in [6.45, 7) is 5.36. The van der Waals surface area contributed by atoms with Crippen LogP contribution in [0.1, 0.15) is 29.8 Å². The molecule has 0 heterocycles. The Morgan fingerprint density at radius 2 is 2.00 bits per heavy atom. The van der Waals surface area contributed by atoms with Crippen LogP contribution in [0.4, 0.5) is 0 Å². The lowest BCUT2D eigenvalue weighted by atomic mass is 10.1. The summed E-state index contributed by atoms with van der Waals surface area (Å²) in [5.41, 5.74) is 1.03. The third-order valence-corrected chi connectivity index (χ3v) is 2.33. The van der Waals surface area contributed by atoms with Crippen molar-refractivity contribution in [3.05, 3.63) is 29.3 Å². The Morgan fingerprint density at radius 3 is 2.56 bits per heavy atom. The molecule has 5 heteroatoms. The van der Waals surface area contributed by atoms with E-state index in [-0.39, 0.29) is 30.2 Å². The number of phenols is 1. The molecule has 0 aliphatic rings. The van der Waals surface area contributed by atoms with Crippen molar-refractivity contribution in [2.24, 2.45) is 0 Å². The first-order valence-electron chi connectivity index (χ1n) is 5.77. The van der Waals surface area contributed by atoms with Gasteiger partial charge in [-0.1, -0.05) is 6.07 Å². The van der Waals surface area contributed by atoms with Crippen molar-refractivity contribution in [3.8, 4) is 5.75 Å². The topological polar surface area (TPSA) is 78.4 Å². The van der Waals surface area contributed by atoms with Crippen molar-refractivity contribution in [1.29, 1.82) is 0 Å². The second-order valence-corrected chi connectivity index (χ2v) is 4.41. The SMILES string of the molecule is Cc1ccc(C(=O)NCC(=O)NC(C)C)cc1O. The minimum Gasteiger partial charge on any atom is -0.508 e. The number of aryl methyl sites for hydroxylation is 1. The molecule has 3 N–H and O–H groups in total. The van der Waals surface area contributed by atoms with Crippen molar-refractivity contribution in [1.82, 2.24) is 10.6 Å². The molecule has 0 fully saturated rings. The van der Waals surface area contributed by atoms with Crippen molar-refractivity contribution < 1.29 is 14.7 Å². The third-order valence-electron chi connectivity index (χ3n) is 2.33. The highest BCUT2D eigenvalue weighted by Crippen LogP contribution is 2.17. The number of phenolic OH excluding ortho intramolecular Hbond substituents is 1. The molecule has 0 atom stereocenters. The maximum Gasteiger partial charge on any atom is 0.251 e. The highest BCUT2D eigenvalue weighted by molar-refractivity contribution is 5.96. The van der Waals surface area contributed by atoms with Gasteiger partial charge in [-0.3, -0.25) is 9.59 Å². The lowest BCUT2D eigenvalue weighted by molar-refractivity contribution is -0.120. The zero-order valence-electron chi connectivity index (χ0n) is 10.8. The average Bonchev–Trinajstić information content (AvgIpc) is 2.28. The first kappa shape index (κ1) is 14.0. The highest BCUT2D eigenvalue weighted by Gasteiger charge is 2.09. The molecule has 18 heavy (non-hydrogen) atoms. The Labute approximate surface area is 106 Å². The summed E-state index contributed by atoms with van der Waals surface area (Å²) in [6, 6.07) is 4.67. The number of carbonyl (C=O) groups excluding carboxylic acids is 2. The van der Waals surface area contributed by atoms with Crippen LogP contribution in [0.2, 0.25) is 0 Å². The van der Waals surface area contributed by atoms with Gasteiger partial charge in [0.15, 0.2) is 0 Å². The molecule has 0 radical (unpaired) electrons. The number of carbonyl (C=O) groups is 2. The standard InChI is InChI=1S/C13H18N2O3/c1-8(2)15-12(17)7-14-13(18)10-5-4-9(3)11(16)6-10/h4-6,8,16H,7H2,1-3H3,(H,14,18)(H,15,17). The number of hydrogen-bond acceptors (Lipinski definition) is 3. The van der Waals surface area contributed by atoms with E-state index in [4.69, 9.17) is 0 Å². The van der Waals surface area contributed by atoms with Gasteiger partial charge in [-0.2, -0.15) is 0 Å². The van der Waals surface area contributed by atoms with E-state index in [1.165, 1.54) is 6.07 Å². The predicted molar refractivity (Wildman–Crippen MR) is 68.5 cm³/mol. The summed E-state index contributed by atoms with van der Waals surface area (Å²) in [5.74, 6) is -0.562. The molecule has 0 unspecified atom stereocenters. The second-order valence-electron chi connectivity index (χ2n) is 4.41.